The minimum absolute atomic E-state index is 0.0966. The van der Waals surface area contributed by atoms with Crippen molar-refractivity contribution in [2.45, 2.75) is 18.9 Å². The Labute approximate surface area is 110 Å². The van der Waals surface area contributed by atoms with Crippen molar-refractivity contribution in [2.24, 2.45) is 11.1 Å². The van der Waals surface area contributed by atoms with E-state index in [0.29, 0.717) is 24.2 Å². The molecular formula is C14H15N3O2. The Balaban J connectivity index is 1.85. The van der Waals surface area contributed by atoms with E-state index < -0.39 is 6.04 Å². The first kappa shape index (κ1) is 11.0. The predicted octanol–water partition coefficient (Wildman–Crippen LogP) is 0.680. The van der Waals surface area contributed by atoms with E-state index >= 15 is 0 Å². The van der Waals surface area contributed by atoms with Crippen LogP contribution in [-0.2, 0) is 4.79 Å². The number of nitrogens with two attached hydrogens (primary N) is 1. The summed E-state index contributed by atoms with van der Waals surface area (Å²) in [7, 11) is 0. The second kappa shape index (κ2) is 3.36. The number of rotatable bonds is 0. The Morgan fingerprint density at radius 2 is 1.79 bits per heavy atom. The first-order valence-corrected chi connectivity index (χ1v) is 6.59. The van der Waals surface area contributed by atoms with Gasteiger partial charge in [0.25, 0.3) is 11.8 Å². The Kier molecular flexibility index (Phi) is 1.94. The van der Waals surface area contributed by atoms with Crippen molar-refractivity contribution in [1.29, 1.82) is 0 Å². The highest BCUT2D eigenvalue weighted by atomic mass is 16.2. The van der Waals surface area contributed by atoms with Gasteiger partial charge in [-0.3, -0.25) is 9.59 Å². The summed E-state index contributed by atoms with van der Waals surface area (Å²) < 4.78 is 0. The van der Waals surface area contributed by atoms with Gasteiger partial charge < -0.3 is 5.73 Å². The first-order valence-electron chi connectivity index (χ1n) is 6.59. The van der Waals surface area contributed by atoms with Crippen molar-refractivity contribution in [1.82, 2.24) is 10.0 Å². The van der Waals surface area contributed by atoms with Gasteiger partial charge in [0.15, 0.2) is 0 Å². The van der Waals surface area contributed by atoms with Gasteiger partial charge in [0.05, 0.1) is 13.1 Å². The van der Waals surface area contributed by atoms with Gasteiger partial charge in [-0.25, -0.2) is 10.0 Å². The van der Waals surface area contributed by atoms with E-state index in [9.17, 15) is 9.59 Å². The monoisotopic (exact) mass is 257 g/mol. The molecule has 1 spiro atoms. The third kappa shape index (κ3) is 1.39. The van der Waals surface area contributed by atoms with Crippen LogP contribution in [0.25, 0.3) is 0 Å². The van der Waals surface area contributed by atoms with Crippen LogP contribution in [0.15, 0.2) is 24.3 Å². The Morgan fingerprint density at radius 1 is 1.11 bits per heavy atom. The molecule has 5 nitrogen and oxygen atoms in total. The van der Waals surface area contributed by atoms with E-state index in [-0.39, 0.29) is 17.2 Å². The maximum atomic E-state index is 12.6. The van der Waals surface area contributed by atoms with E-state index in [2.05, 4.69) is 0 Å². The zero-order chi connectivity index (χ0) is 13.2. The maximum Gasteiger partial charge on any atom is 0.272 e. The van der Waals surface area contributed by atoms with E-state index in [1.807, 2.05) is 12.1 Å². The molecule has 2 N–H and O–H groups in total. The number of hydrazine groups is 1. The highest BCUT2D eigenvalue weighted by Crippen LogP contribution is 2.51. The number of benzene rings is 1. The van der Waals surface area contributed by atoms with Gasteiger partial charge in [-0.1, -0.05) is 18.2 Å². The molecule has 0 radical (unpaired) electrons. The summed E-state index contributed by atoms with van der Waals surface area (Å²) in [6.07, 6.45) is 2.19. The Hall–Kier alpha value is -1.88. The van der Waals surface area contributed by atoms with E-state index in [1.165, 1.54) is 0 Å². The van der Waals surface area contributed by atoms with Crippen LogP contribution in [0.3, 0.4) is 0 Å². The minimum atomic E-state index is -0.737. The third-order valence-electron chi connectivity index (χ3n) is 4.50. The molecule has 4 rings (SSSR count). The highest BCUT2D eigenvalue weighted by Gasteiger charge is 2.56. The lowest BCUT2D eigenvalue weighted by Crippen LogP contribution is -2.45. The minimum Gasteiger partial charge on any atom is -0.316 e. The fourth-order valence-electron chi connectivity index (χ4n) is 3.12. The molecule has 5 heteroatoms. The van der Waals surface area contributed by atoms with Crippen LogP contribution in [0.4, 0.5) is 0 Å². The topological polar surface area (TPSA) is 66.6 Å². The van der Waals surface area contributed by atoms with Crippen molar-refractivity contribution in [2.75, 3.05) is 13.1 Å². The molecule has 0 bridgehead atoms. The molecule has 19 heavy (non-hydrogen) atoms. The van der Waals surface area contributed by atoms with Crippen molar-refractivity contribution in [3.8, 4) is 0 Å². The number of carbonyl (C=O) groups excluding carboxylic acids is 2. The second-order valence-electron chi connectivity index (χ2n) is 5.82. The van der Waals surface area contributed by atoms with Gasteiger partial charge in [0.1, 0.15) is 6.04 Å². The van der Waals surface area contributed by atoms with Crippen LogP contribution in [0.1, 0.15) is 34.8 Å². The largest absolute Gasteiger partial charge is 0.316 e. The van der Waals surface area contributed by atoms with Crippen LogP contribution in [-0.4, -0.2) is 34.9 Å². The smallest absolute Gasteiger partial charge is 0.272 e. The number of nitrogens with zero attached hydrogens (tertiary/aromatic N) is 2. The van der Waals surface area contributed by atoms with Gasteiger partial charge in [-0.15, -0.1) is 0 Å². The van der Waals surface area contributed by atoms with Gasteiger partial charge in [-0.05, 0) is 24.5 Å². The summed E-state index contributed by atoms with van der Waals surface area (Å²) in [6, 6.07) is 6.41. The van der Waals surface area contributed by atoms with Gasteiger partial charge >= 0.3 is 0 Å². The molecule has 2 fully saturated rings. The number of amides is 2. The molecule has 1 saturated heterocycles. The Bertz CT molecular complexity index is 594. The number of carbonyl (C=O) groups is 2. The fraction of sp³-hybridized carbons (Fsp3) is 0.429. The summed E-state index contributed by atoms with van der Waals surface area (Å²) in [5, 5.41) is 3.17. The summed E-state index contributed by atoms with van der Waals surface area (Å²) >= 11 is 0. The number of hydrogen-bond donors (Lipinski definition) is 1. The molecule has 0 unspecified atom stereocenters. The van der Waals surface area contributed by atoms with Crippen LogP contribution < -0.4 is 5.73 Å². The van der Waals surface area contributed by atoms with Crippen molar-refractivity contribution in [3.05, 3.63) is 35.4 Å². The van der Waals surface area contributed by atoms with Gasteiger partial charge in [0.2, 0.25) is 0 Å². The van der Waals surface area contributed by atoms with Crippen LogP contribution in [0.5, 0.6) is 0 Å². The molecular weight excluding hydrogens is 242 g/mol. The van der Waals surface area contributed by atoms with Gasteiger partial charge in [0, 0.05) is 11.0 Å². The van der Waals surface area contributed by atoms with E-state index in [4.69, 9.17) is 5.73 Å². The standard InChI is InChI=1S/C14H15N3O2/c15-11-9-3-1-2-4-10(9)12(18)16-7-14(5-6-14)8-17(16)13(11)19/h1-4,11H,5-8,15H2/t11-/m0/s1. The third-order valence-corrected chi connectivity index (χ3v) is 4.50. The molecule has 1 aromatic carbocycles. The van der Waals surface area contributed by atoms with Gasteiger partial charge in [-0.2, -0.15) is 0 Å². The second-order valence-corrected chi connectivity index (χ2v) is 5.82. The molecule has 1 aromatic rings. The number of hydrogen-bond acceptors (Lipinski definition) is 3. The average molecular weight is 257 g/mol. The number of fused-ring (bicyclic) bond motifs is 2. The normalized spacial score (nSPS) is 27.3. The lowest BCUT2D eigenvalue weighted by atomic mass is 9.99. The van der Waals surface area contributed by atoms with Crippen molar-refractivity contribution in [3.63, 3.8) is 0 Å². The molecule has 1 saturated carbocycles. The zero-order valence-corrected chi connectivity index (χ0v) is 10.5. The molecule has 0 aromatic heterocycles. The summed E-state index contributed by atoms with van der Waals surface area (Å²) in [6.45, 7) is 1.29. The van der Waals surface area contributed by atoms with Crippen LogP contribution in [0, 0.1) is 5.41 Å². The van der Waals surface area contributed by atoms with Crippen molar-refractivity contribution < 1.29 is 9.59 Å². The molecule has 2 aliphatic heterocycles. The molecule has 2 amide bonds. The lowest BCUT2D eigenvalue weighted by Gasteiger charge is -2.26. The van der Waals surface area contributed by atoms with Crippen LogP contribution >= 0.6 is 0 Å². The maximum absolute atomic E-state index is 12.6. The Morgan fingerprint density at radius 3 is 2.53 bits per heavy atom. The molecule has 2 heterocycles. The molecule has 1 atom stereocenters. The van der Waals surface area contributed by atoms with E-state index in [0.717, 1.165) is 12.8 Å². The summed E-state index contributed by atoms with van der Waals surface area (Å²) in [5.41, 5.74) is 7.39. The molecule has 98 valence electrons. The fourth-order valence-corrected chi connectivity index (χ4v) is 3.12. The summed E-state index contributed by atoms with van der Waals surface area (Å²) in [4.78, 5) is 25.1. The first-order chi connectivity index (χ1) is 9.11. The average Bonchev–Trinajstić information content (AvgIpc) is 3.08. The van der Waals surface area contributed by atoms with E-state index in [1.54, 1.807) is 22.2 Å². The van der Waals surface area contributed by atoms with Crippen molar-refractivity contribution >= 4 is 11.8 Å². The SMILES string of the molecule is N[C@@H]1C(=O)N2CC3(CC3)CN2C(=O)c2ccccc21. The van der Waals surface area contributed by atoms with Crippen LogP contribution in [0.2, 0.25) is 0 Å². The zero-order valence-electron chi connectivity index (χ0n) is 10.5. The quantitative estimate of drug-likeness (QED) is 0.743. The molecule has 1 aliphatic carbocycles. The predicted molar refractivity (Wildman–Crippen MR) is 67.8 cm³/mol. The molecule has 3 aliphatic rings. The highest BCUT2D eigenvalue weighted by molar-refractivity contribution is 6.01. The lowest BCUT2D eigenvalue weighted by molar-refractivity contribution is -0.141. The summed E-state index contributed by atoms with van der Waals surface area (Å²) in [5.74, 6) is -0.261.